The highest BCUT2D eigenvalue weighted by atomic mass is 79.9. The molecular formula is C23H26BrNO4S. The van der Waals surface area contributed by atoms with Crippen LogP contribution in [0, 0.1) is 5.92 Å². The summed E-state index contributed by atoms with van der Waals surface area (Å²) < 4.78 is 12.1. The Balaban J connectivity index is 1.53. The smallest absolute Gasteiger partial charge is 0.290 e. The van der Waals surface area contributed by atoms with Gasteiger partial charge in [0.05, 0.1) is 23.6 Å². The van der Waals surface area contributed by atoms with Gasteiger partial charge in [0.25, 0.3) is 5.91 Å². The number of thioether (sulfide) groups is 1. The van der Waals surface area contributed by atoms with Crippen LogP contribution in [0.4, 0.5) is 0 Å². The number of ether oxygens (including phenoxy) is 2. The van der Waals surface area contributed by atoms with Gasteiger partial charge in [-0.1, -0.05) is 28.1 Å². The molecule has 1 aliphatic carbocycles. The van der Waals surface area contributed by atoms with Crippen LogP contribution in [0.25, 0.3) is 0 Å². The van der Waals surface area contributed by atoms with Gasteiger partial charge in [-0.3, -0.25) is 9.59 Å². The minimum atomic E-state index is -0.392. The van der Waals surface area contributed by atoms with E-state index < -0.39 is 6.04 Å². The summed E-state index contributed by atoms with van der Waals surface area (Å²) in [6.45, 7) is 1.23. The lowest BCUT2D eigenvalue weighted by molar-refractivity contribution is -0.136. The van der Waals surface area contributed by atoms with Crippen LogP contribution in [0.15, 0.2) is 40.5 Å². The number of alkyl halides is 1. The van der Waals surface area contributed by atoms with E-state index in [0.717, 1.165) is 49.2 Å². The van der Waals surface area contributed by atoms with Gasteiger partial charge in [0.2, 0.25) is 0 Å². The number of hydrogen-bond donors (Lipinski definition) is 0. The number of carbonyl (C=O) groups is 2. The Morgan fingerprint density at radius 3 is 2.67 bits per heavy atom. The first-order valence-electron chi connectivity index (χ1n) is 10.7. The van der Waals surface area contributed by atoms with Gasteiger partial charge < -0.3 is 14.4 Å². The van der Waals surface area contributed by atoms with Crippen LogP contribution in [0.2, 0.25) is 0 Å². The van der Waals surface area contributed by atoms with E-state index in [1.165, 1.54) is 0 Å². The van der Waals surface area contributed by atoms with Crippen LogP contribution in [-0.4, -0.2) is 53.0 Å². The van der Waals surface area contributed by atoms with Crippen LogP contribution >= 0.6 is 27.7 Å². The number of nitrogens with zero attached hydrogens (tertiary/aromatic N) is 1. The molecule has 30 heavy (non-hydrogen) atoms. The van der Waals surface area contributed by atoms with E-state index >= 15 is 0 Å². The maximum Gasteiger partial charge on any atom is 0.290 e. The second-order valence-corrected chi connectivity index (χ2v) is 10.7. The zero-order valence-electron chi connectivity index (χ0n) is 17.0. The molecule has 1 aromatic rings. The Hall–Kier alpha value is -1.31. The summed E-state index contributed by atoms with van der Waals surface area (Å²) >= 11 is 5.36. The lowest BCUT2D eigenvalue weighted by Gasteiger charge is -2.37. The predicted octanol–water partition coefficient (Wildman–Crippen LogP) is 4.26. The van der Waals surface area contributed by atoms with Gasteiger partial charge in [-0.05, 0) is 56.1 Å². The van der Waals surface area contributed by atoms with Crippen LogP contribution in [0.5, 0.6) is 0 Å². The maximum absolute atomic E-state index is 13.6. The summed E-state index contributed by atoms with van der Waals surface area (Å²) in [5.41, 5.74) is 1.52. The second-order valence-electron chi connectivity index (χ2n) is 8.55. The lowest BCUT2D eigenvalue weighted by atomic mass is 9.77. The van der Waals surface area contributed by atoms with Crippen molar-refractivity contribution in [1.82, 2.24) is 4.90 Å². The molecule has 7 heteroatoms. The van der Waals surface area contributed by atoms with Crippen LogP contribution in [0.3, 0.4) is 0 Å². The van der Waals surface area contributed by atoms with Gasteiger partial charge >= 0.3 is 0 Å². The molecule has 4 aliphatic rings. The molecule has 0 bridgehead atoms. The fourth-order valence-corrected chi connectivity index (χ4v) is 6.27. The third-order valence-electron chi connectivity index (χ3n) is 6.74. The Bertz CT molecular complexity index is 880. The van der Waals surface area contributed by atoms with Gasteiger partial charge in [-0.2, -0.15) is 0 Å². The van der Waals surface area contributed by atoms with Crippen molar-refractivity contribution < 1.29 is 19.1 Å². The summed E-state index contributed by atoms with van der Waals surface area (Å²) in [6.07, 6.45) is 6.36. The number of benzene rings is 1. The molecule has 1 aromatic carbocycles. The molecule has 0 radical (unpaired) electrons. The fourth-order valence-electron chi connectivity index (χ4n) is 5.19. The van der Waals surface area contributed by atoms with Gasteiger partial charge in [-0.25, -0.2) is 0 Å². The quantitative estimate of drug-likeness (QED) is 0.465. The highest BCUT2D eigenvalue weighted by Crippen LogP contribution is 2.47. The maximum atomic E-state index is 13.6. The normalized spacial score (nSPS) is 33.5. The Morgan fingerprint density at radius 1 is 1.17 bits per heavy atom. The number of hydrogen-bond acceptors (Lipinski definition) is 5. The largest absolute Gasteiger partial charge is 0.483 e. The number of fused-ring (bicyclic) bond motifs is 1. The summed E-state index contributed by atoms with van der Waals surface area (Å²) in [4.78, 5) is 30.4. The van der Waals surface area contributed by atoms with Crippen molar-refractivity contribution in [3.8, 4) is 0 Å². The first-order valence-corrected chi connectivity index (χ1v) is 12.9. The Kier molecular flexibility index (Phi) is 5.71. The molecule has 5 atom stereocenters. The van der Waals surface area contributed by atoms with Crippen molar-refractivity contribution in [2.75, 3.05) is 19.4 Å². The molecule has 3 aliphatic heterocycles. The van der Waals surface area contributed by atoms with Crippen molar-refractivity contribution in [2.45, 2.75) is 60.1 Å². The summed E-state index contributed by atoms with van der Waals surface area (Å²) in [5.74, 6) is 0.0382. The van der Waals surface area contributed by atoms with Crippen molar-refractivity contribution in [1.29, 1.82) is 0 Å². The number of rotatable bonds is 4. The highest BCUT2D eigenvalue weighted by Gasteiger charge is 2.53. The van der Waals surface area contributed by atoms with Crippen molar-refractivity contribution >= 4 is 39.4 Å². The predicted molar refractivity (Wildman–Crippen MR) is 119 cm³/mol. The fraction of sp³-hybridized carbons (Fsp3) is 0.565. The van der Waals surface area contributed by atoms with Crippen LogP contribution in [-0.2, 0) is 19.1 Å². The van der Waals surface area contributed by atoms with E-state index in [1.807, 2.05) is 23.3 Å². The zero-order valence-corrected chi connectivity index (χ0v) is 19.4. The monoisotopic (exact) mass is 491 g/mol. The van der Waals surface area contributed by atoms with E-state index in [0.29, 0.717) is 16.9 Å². The number of carbonyl (C=O) groups excluding carboxylic acids is 2. The summed E-state index contributed by atoms with van der Waals surface area (Å²) in [5, 5.41) is 0. The minimum absolute atomic E-state index is 0.0209. The molecular weight excluding hydrogens is 466 g/mol. The molecule has 2 fully saturated rings. The average Bonchev–Trinajstić information content (AvgIpc) is 3.37. The first-order chi connectivity index (χ1) is 14.6. The van der Waals surface area contributed by atoms with E-state index in [9.17, 15) is 9.59 Å². The Morgan fingerprint density at radius 2 is 1.97 bits per heavy atom. The van der Waals surface area contributed by atoms with Crippen LogP contribution in [0.1, 0.15) is 43.7 Å². The molecule has 1 saturated carbocycles. The first kappa shape index (κ1) is 20.6. The molecule has 0 spiro atoms. The molecule has 160 valence electrons. The third kappa shape index (κ3) is 3.53. The molecule has 1 saturated heterocycles. The van der Waals surface area contributed by atoms with Gasteiger partial charge in [0.15, 0.2) is 11.5 Å². The molecule has 1 amide bonds. The van der Waals surface area contributed by atoms with E-state index in [4.69, 9.17) is 9.47 Å². The molecule has 0 N–H and O–H groups in total. The van der Waals surface area contributed by atoms with Crippen molar-refractivity contribution in [3.63, 3.8) is 0 Å². The minimum Gasteiger partial charge on any atom is -0.483 e. The van der Waals surface area contributed by atoms with Crippen molar-refractivity contribution in [2.24, 2.45) is 5.92 Å². The number of ketones is 1. The zero-order chi connectivity index (χ0) is 20.8. The van der Waals surface area contributed by atoms with E-state index in [2.05, 4.69) is 28.1 Å². The SMILES string of the molecule is CSc1ccc(C2C3=C(OC4CCC(Br)CC4C3=O)C(=O)N2CC2CCCO2)cc1. The highest BCUT2D eigenvalue weighted by molar-refractivity contribution is 9.09. The van der Waals surface area contributed by atoms with Crippen LogP contribution < -0.4 is 0 Å². The standard InChI is InChI=1S/C23H26BrNO4S/c1-30-16-7-4-13(5-8-16)20-19-21(26)17-11-14(24)6-9-18(17)29-22(19)23(27)25(20)12-15-3-2-10-28-15/h4-5,7-8,14-15,17-18,20H,2-3,6,9-12H2,1H3. The topological polar surface area (TPSA) is 55.8 Å². The summed E-state index contributed by atoms with van der Waals surface area (Å²) in [6, 6.07) is 7.79. The van der Waals surface area contributed by atoms with Gasteiger partial charge in [-0.15, -0.1) is 11.8 Å². The third-order valence-corrected chi connectivity index (χ3v) is 8.31. The van der Waals surface area contributed by atoms with E-state index in [1.54, 1.807) is 11.8 Å². The Labute approximate surface area is 189 Å². The molecule has 3 heterocycles. The molecule has 5 rings (SSSR count). The molecule has 5 nitrogen and oxygen atoms in total. The van der Waals surface area contributed by atoms with Crippen molar-refractivity contribution in [3.05, 3.63) is 41.2 Å². The number of halogens is 1. The van der Waals surface area contributed by atoms with Gasteiger partial charge in [0.1, 0.15) is 6.10 Å². The average molecular weight is 492 g/mol. The molecule has 0 aromatic heterocycles. The molecule has 5 unspecified atom stereocenters. The van der Waals surface area contributed by atoms with Gasteiger partial charge in [0, 0.05) is 22.9 Å². The summed E-state index contributed by atoms with van der Waals surface area (Å²) in [7, 11) is 0. The van der Waals surface area contributed by atoms with E-state index in [-0.39, 0.29) is 35.6 Å². The number of amides is 1. The number of Topliss-reactive ketones (excluding diaryl/α,β-unsaturated/α-hetero) is 1. The lowest BCUT2D eigenvalue weighted by Crippen LogP contribution is -2.41. The second kappa shape index (κ2) is 8.32.